The van der Waals surface area contributed by atoms with Gasteiger partial charge in [-0.15, -0.1) is 0 Å². The number of nitrogens with zero attached hydrogens (tertiary/aromatic N) is 4. The fourth-order valence-electron chi connectivity index (χ4n) is 2.64. The quantitative estimate of drug-likeness (QED) is 0.809. The van der Waals surface area contributed by atoms with Crippen molar-refractivity contribution in [3.8, 4) is 0 Å². The van der Waals surface area contributed by atoms with E-state index in [0.717, 1.165) is 13.1 Å². The molecule has 2 aromatic rings. The van der Waals surface area contributed by atoms with Crippen molar-refractivity contribution >= 4 is 5.69 Å². The molecule has 0 amide bonds. The fraction of sp³-hybridized carbons (Fsp3) is 0.429. The molecule has 3 rings (SSSR count). The zero-order valence-electron chi connectivity index (χ0n) is 10.7. The van der Waals surface area contributed by atoms with Crippen molar-refractivity contribution in [2.24, 2.45) is 7.05 Å². The fourth-order valence-corrected chi connectivity index (χ4v) is 2.64. The Bertz CT molecular complexity index is 506. The summed E-state index contributed by atoms with van der Waals surface area (Å²) >= 11 is 0. The van der Waals surface area contributed by atoms with Gasteiger partial charge in [-0.25, -0.2) is 0 Å². The molecule has 1 fully saturated rings. The summed E-state index contributed by atoms with van der Waals surface area (Å²) in [5.41, 5.74) is 2.43. The van der Waals surface area contributed by atoms with Crippen LogP contribution in [0, 0.1) is 0 Å². The molecule has 1 aliphatic rings. The third-order valence-electron chi connectivity index (χ3n) is 3.58. The minimum absolute atomic E-state index is 0.542. The van der Waals surface area contributed by atoms with E-state index in [1.165, 1.54) is 24.2 Å². The lowest BCUT2D eigenvalue weighted by Crippen LogP contribution is -2.34. The zero-order valence-corrected chi connectivity index (χ0v) is 10.7. The van der Waals surface area contributed by atoms with Crippen LogP contribution in [0.1, 0.15) is 24.5 Å². The van der Waals surface area contributed by atoms with Crippen molar-refractivity contribution in [2.75, 3.05) is 18.0 Å². The lowest BCUT2D eigenvalue weighted by molar-refractivity contribution is 0.501. The SMILES string of the molecule is Cn1cc(N2CCCC(c3ccccn3)C2)cn1. The van der Waals surface area contributed by atoms with Gasteiger partial charge in [0, 0.05) is 44.1 Å². The summed E-state index contributed by atoms with van der Waals surface area (Å²) in [6, 6.07) is 6.19. The molecule has 94 valence electrons. The van der Waals surface area contributed by atoms with E-state index in [1.54, 1.807) is 0 Å². The van der Waals surface area contributed by atoms with Crippen molar-refractivity contribution in [1.82, 2.24) is 14.8 Å². The minimum atomic E-state index is 0.542. The Morgan fingerprint density at radius 1 is 1.33 bits per heavy atom. The van der Waals surface area contributed by atoms with Gasteiger partial charge in [0.25, 0.3) is 0 Å². The standard InChI is InChI=1S/C14H18N4/c1-17-11-13(9-16-17)18-8-4-5-12(10-18)14-6-2-3-7-15-14/h2-3,6-7,9,11-12H,4-5,8,10H2,1H3. The third-order valence-corrected chi connectivity index (χ3v) is 3.58. The van der Waals surface area contributed by atoms with Gasteiger partial charge in [0.05, 0.1) is 11.9 Å². The Labute approximate surface area is 107 Å². The molecule has 4 nitrogen and oxygen atoms in total. The number of aryl methyl sites for hydroxylation is 1. The first-order chi connectivity index (χ1) is 8.83. The molecule has 1 aliphatic heterocycles. The average molecular weight is 242 g/mol. The number of pyridine rings is 1. The molecule has 1 atom stereocenters. The van der Waals surface area contributed by atoms with Crippen LogP contribution < -0.4 is 4.90 Å². The number of hydrogen-bond acceptors (Lipinski definition) is 3. The van der Waals surface area contributed by atoms with Crippen molar-refractivity contribution < 1.29 is 0 Å². The predicted molar refractivity (Wildman–Crippen MR) is 71.6 cm³/mol. The summed E-state index contributed by atoms with van der Waals surface area (Å²) in [7, 11) is 1.96. The van der Waals surface area contributed by atoms with Gasteiger partial charge < -0.3 is 4.90 Å². The molecule has 2 aromatic heterocycles. The maximum atomic E-state index is 4.49. The Morgan fingerprint density at radius 3 is 3.00 bits per heavy atom. The minimum Gasteiger partial charge on any atom is -0.368 e. The van der Waals surface area contributed by atoms with Gasteiger partial charge in [0.15, 0.2) is 0 Å². The molecule has 0 spiro atoms. The molecule has 3 heterocycles. The monoisotopic (exact) mass is 242 g/mol. The Morgan fingerprint density at radius 2 is 2.28 bits per heavy atom. The molecule has 1 unspecified atom stereocenters. The van der Waals surface area contributed by atoms with Gasteiger partial charge in [0.1, 0.15) is 0 Å². The maximum absolute atomic E-state index is 4.49. The number of anilines is 1. The van der Waals surface area contributed by atoms with E-state index in [0.29, 0.717) is 5.92 Å². The number of aromatic nitrogens is 3. The normalized spacial score (nSPS) is 20.1. The number of hydrogen-bond donors (Lipinski definition) is 0. The van der Waals surface area contributed by atoms with Crippen LogP contribution in [-0.2, 0) is 7.05 Å². The second kappa shape index (κ2) is 4.80. The summed E-state index contributed by atoms with van der Waals surface area (Å²) in [5, 5.41) is 4.25. The lowest BCUT2D eigenvalue weighted by Gasteiger charge is -2.33. The molecule has 0 saturated carbocycles. The highest BCUT2D eigenvalue weighted by Gasteiger charge is 2.22. The van der Waals surface area contributed by atoms with Crippen LogP contribution >= 0.6 is 0 Å². The summed E-state index contributed by atoms with van der Waals surface area (Å²) in [6.07, 6.45) is 8.36. The molecule has 0 bridgehead atoms. The topological polar surface area (TPSA) is 34.0 Å². The number of piperidine rings is 1. The van der Waals surface area contributed by atoms with E-state index in [9.17, 15) is 0 Å². The lowest BCUT2D eigenvalue weighted by atomic mass is 9.94. The van der Waals surface area contributed by atoms with Crippen LogP contribution in [-0.4, -0.2) is 27.9 Å². The Balaban J connectivity index is 1.76. The number of rotatable bonds is 2. The summed E-state index contributed by atoms with van der Waals surface area (Å²) < 4.78 is 1.86. The van der Waals surface area contributed by atoms with Crippen LogP contribution in [0.25, 0.3) is 0 Å². The van der Waals surface area contributed by atoms with Crippen LogP contribution in [0.5, 0.6) is 0 Å². The van der Waals surface area contributed by atoms with Crippen molar-refractivity contribution in [3.63, 3.8) is 0 Å². The molecule has 18 heavy (non-hydrogen) atoms. The molecule has 0 radical (unpaired) electrons. The highest BCUT2D eigenvalue weighted by atomic mass is 15.3. The highest BCUT2D eigenvalue weighted by Crippen LogP contribution is 2.28. The van der Waals surface area contributed by atoms with Gasteiger partial charge >= 0.3 is 0 Å². The predicted octanol–water partition coefficient (Wildman–Crippen LogP) is 2.20. The second-order valence-electron chi connectivity index (χ2n) is 4.91. The molecule has 0 aliphatic carbocycles. The van der Waals surface area contributed by atoms with Crippen LogP contribution in [0.3, 0.4) is 0 Å². The van der Waals surface area contributed by atoms with Crippen LogP contribution in [0.2, 0.25) is 0 Å². The van der Waals surface area contributed by atoms with Crippen LogP contribution in [0.4, 0.5) is 5.69 Å². The van der Waals surface area contributed by atoms with E-state index in [1.807, 2.05) is 30.2 Å². The van der Waals surface area contributed by atoms with E-state index >= 15 is 0 Å². The second-order valence-corrected chi connectivity index (χ2v) is 4.91. The summed E-state index contributed by atoms with van der Waals surface area (Å²) in [6.45, 7) is 2.16. The van der Waals surface area contributed by atoms with Gasteiger partial charge in [-0.2, -0.15) is 5.10 Å². The summed E-state index contributed by atoms with van der Waals surface area (Å²) in [4.78, 5) is 6.90. The first kappa shape index (κ1) is 11.3. The van der Waals surface area contributed by atoms with E-state index in [2.05, 4.69) is 33.3 Å². The smallest absolute Gasteiger partial charge is 0.0752 e. The van der Waals surface area contributed by atoms with Gasteiger partial charge in [-0.1, -0.05) is 6.07 Å². The molecular formula is C14H18N4. The van der Waals surface area contributed by atoms with Crippen molar-refractivity contribution in [1.29, 1.82) is 0 Å². The molecule has 1 saturated heterocycles. The first-order valence-corrected chi connectivity index (χ1v) is 6.47. The molecule has 0 aromatic carbocycles. The van der Waals surface area contributed by atoms with Gasteiger partial charge in [-0.3, -0.25) is 9.67 Å². The van der Waals surface area contributed by atoms with Gasteiger partial charge in [0.2, 0.25) is 0 Å². The average Bonchev–Trinajstić information content (AvgIpc) is 2.87. The molecular weight excluding hydrogens is 224 g/mol. The van der Waals surface area contributed by atoms with E-state index < -0.39 is 0 Å². The van der Waals surface area contributed by atoms with Crippen molar-refractivity contribution in [2.45, 2.75) is 18.8 Å². The zero-order chi connectivity index (χ0) is 12.4. The molecule has 4 heteroatoms. The van der Waals surface area contributed by atoms with Gasteiger partial charge in [-0.05, 0) is 25.0 Å². The Kier molecular flexibility index (Phi) is 3.00. The first-order valence-electron chi connectivity index (χ1n) is 6.47. The highest BCUT2D eigenvalue weighted by molar-refractivity contribution is 5.43. The maximum Gasteiger partial charge on any atom is 0.0752 e. The van der Waals surface area contributed by atoms with Crippen molar-refractivity contribution in [3.05, 3.63) is 42.5 Å². The summed E-state index contributed by atoms with van der Waals surface area (Å²) in [5.74, 6) is 0.542. The van der Waals surface area contributed by atoms with E-state index in [4.69, 9.17) is 0 Å². The third kappa shape index (κ3) is 2.23. The largest absolute Gasteiger partial charge is 0.368 e. The molecule has 0 N–H and O–H groups in total. The van der Waals surface area contributed by atoms with E-state index in [-0.39, 0.29) is 0 Å². The Hall–Kier alpha value is -1.84. The van der Waals surface area contributed by atoms with Crippen LogP contribution in [0.15, 0.2) is 36.8 Å².